The zero-order chi connectivity index (χ0) is 19.4. The molecule has 2 amide bonds. The molecular weight excluding hydrogens is 350 g/mol. The number of carbonyl (C=O) groups excluding carboxylic acids is 1. The maximum atomic E-state index is 12.8. The fourth-order valence-electron chi connectivity index (χ4n) is 5.43. The van der Waals surface area contributed by atoms with Gasteiger partial charge >= 0.3 is 6.03 Å². The van der Waals surface area contributed by atoms with E-state index in [0.717, 1.165) is 57.7 Å². The molecule has 2 saturated heterocycles. The number of ether oxygens (including phenoxy) is 1. The average molecular weight is 386 g/mol. The predicted octanol–water partition coefficient (Wildman–Crippen LogP) is 4.03. The maximum Gasteiger partial charge on any atom is 0.317 e. The molecule has 2 heterocycles. The second kappa shape index (κ2) is 8.73. The molecule has 154 valence electrons. The van der Waals surface area contributed by atoms with Crippen LogP contribution in [0.25, 0.3) is 0 Å². The van der Waals surface area contributed by atoms with Crippen molar-refractivity contribution in [2.75, 3.05) is 33.3 Å². The minimum absolute atomic E-state index is 0.175. The van der Waals surface area contributed by atoms with Gasteiger partial charge in [-0.1, -0.05) is 31.4 Å². The summed E-state index contributed by atoms with van der Waals surface area (Å²) in [5.41, 5.74) is 1.59. The molecule has 28 heavy (non-hydrogen) atoms. The molecule has 1 saturated carbocycles. The third kappa shape index (κ3) is 4.62. The van der Waals surface area contributed by atoms with Gasteiger partial charge in [-0.2, -0.15) is 0 Å². The first-order chi connectivity index (χ1) is 13.7. The number of carbonyl (C=O) groups is 1. The van der Waals surface area contributed by atoms with Crippen molar-refractivity contribution in [2.45, 2.75) is 64.0 Å². The van der Waals surface area contributed by atoms with E-state index in [-0.39, 0.29) is 11.4 Å². The minimum atomic E-state index is 0.175. The van der Waals surface area contributed by atoms with E-state index in [0.29, 0.717) is 6.04 Å². The predicted molar refractivity (Wildman–Crippen MR) is 112 cm³/mol. The molecule has 0 radical (unpaired) electrons. The summed E-state index contributed by atoms with van der Waals surface area (Å²) in [5, 5.41) is 3.31. The summed E-state index contributed by atoms with van der Waals surface area (Å²) in [6.45, 7) is 5.03. The molecule has 1 aliphatic carbocycles. The van der Waals surface area contributed by atoms with Gasteiger partial charge in [-0.15, -0.1) is 0 Å². The van der Waals surface area contributed by atoms with Crippen LogP contribution in [-0.4, -0.2) is 55.2 Å². The Morgan fingerprint density at radius 3 is 2.82 bits per heavy atom. The second-order valence-electron chi connectivity index (χ2n) is 9.12. The van der Waals surface area contributed by atoms with Gasteiger partial charge in [-0.05, 0) is 56.3 Å². The number of amides is 2. The van der Waals surface area contributed by atoms with E-state index in [1.54, 1.807) is 7.11 Å². The summed E-state index contributed by atoms with van der Waals surface area (Å²) in [6, 6.07) is 8.96. The van der Waals surface area contributed by atoms with Crippen LogP contribution in [0.1, 0.15) is 56.9 Å². The molecule has 1 aromatic carbocycles. The molecule has 4 rings (SSSR count). The minimum Gasteiger partial charge on any atom is -0.497 e. The Labute approximate surface area is 169 Å². The molecule has 3 fully saturated rings. The number of urea groups is 1. The van der Waals surface area contributed by atoms with Gasteiger partial charge in [0, 0.05) is 37.6 Å². The van der Waals surface area contributed by atoms with Crippen LogP contribution in [0.2, 0.25) is 0 Å². The number of rotatable bonds is 4. The van der Waals surface area contributed by atoms with Gasteiger partial charge in [0.15, 0.2) is 0 Å². The largest absolute Gasteiger partial charge is 0.497 e. The van der Waals surface area contributed by atoms with E-state index < -0.39 is 0 Å². The highest BCUT2D eigenvalue weighted by Gasteiger charge is 2.43. The van der Waals surface area contributed by atoms with Crippen LogP contribution >= 0.6 is 0 Å². The Kier molecular flexibility index (Phi) is 6.10. The van der Waals surface area contributed by atoms with Crippen molar-refractivity contribution < 1.29 is 9.53 Å². The number of nitrogens with one attached hydrogen (secondary N) is 1. The van der Waals surface area contributed by atoms with Crippen molar-refractivity contribution in [1.29, 1.82) is 0 Å². The third-order valence-electron chi connectivity index (χ3n) is 6.94. The van der Waals surface area contributed by atoms with Crippen molar-refractivity contribution in [3.05, 3.63) is 29.8 Å². The standard InChI is InChI=1S/C23H35N3O2/c1-28-21-10-5-7-19(15-21)16-25-13-6-11-23(17-25)12-14-26(18-23)22(27)24-20-8-3-2-4-9-20/h5,7,10,15,20H,2-4,6,8-9,11-14,16-18H2,1H3,(H,24,27)/t23-/m1/s1. The van der Waals surface area contributed by atoms with Gasteiger partial charge in [-0.25, -0.2) is 4.79 Å². The van der Waals surface area contributed by atoms with Gasteiger partial charge < -0.3 is 15.0 Å². The van der Waals surface area contributed by atoms with Gasteiger partial charge in [0.1, 0.15) is 5.75 Å². The summed E-state index contributed by atoms with van der Waals surface area (Å²) in [6.07, 6.45) is 9.75. The van der Waals surface area contributed by atoms with Crippen LogP contribution in [0.5, 0.6) is 5.75 Å². The maximum absolute atomic E-state index is 12.8. The fraction of sp³-hybridized carbons (Fsp3) is 0.696. The van der Waals surface area contributed by atoms with Crippen molar-refractivity contribution >= 4 is 6.03 Å². The Morgan fingerprint density at radius 2 is 2.00 bits per heavy atom. The molecule has 5 heteroatoms. The zero-order valence-corrected chi connectivity index (χ0v) is 17.3. The highest BCUT2D eigenvalue weighted by Crippen LogP contribution is 2.39. The van der Waals surface area contributed by atoms with E-state index in [1.165, 1.54) is 37.7 Å². The average Bonchev–Trinajstić information content (AvgIpc) is 3.12. The molecule has 1 aromatic rings. The lowest BCUT2D eigenvalue weighted by molar-refractivity contribution is 0.0894. The molecule has 0 unspecified atom stereocenters. The number of hydrogen-bond donors (Lipinski definition) is 1. The fourth-order valence-corrected chi connectivity index (χ4v) is 5.43. The summed E-state index contributed by atoms with van der Waals surface area (Å²) in [5.74, 6) is 0.927. The quantitative estimate of drug-likeness (QED) is 0.851. The zero-order valence-electron chi connectivity index (χ0n) is 17.3. The summed E-state index contributed by atoms with van der Waals surface area (Å²) >= 11 is 0. The number of benzene rings is 1. The first-order valence-electron chi connectivity index (χ1n) is 11.1. The van der Waals surface area contributed by atoms with Crippen molar-refractivity contribution in [1.82, 2.24) is 15.1 Å². The first kappa shape index (κ1) is 19.6. The Morgan fingerprint density at radius 1 is 1.14 bits per heavy atom. The van der Waals surface area contributed by atoms with Gasteiger partial charge in [-0.3, -0.25) is 4.90 Å². The summed E-state index contributed by atoms with van der Waals surface area (Å²) < 4.78 is 5.37. The summed E-state index contributed by atoms with van der Waals surface area (Å²) in [7, 11) is 1.72. The first-order valence-corrected chi connectivity index (χ1v) is 11.1. The van der Waals surface area contributed by atoms with E-state index in [1.807, 2.05) is 6.07 Å². The molecule has 1 N–H and O–H groups in total. The van der Waals surface area contributed by atoms with Crippen molar-refractivity contribution in [2.24, 2.45) is 5.41 Å². The normalized spacial score (nSPS) is 26.5. The monoisotopic (exact) mass is 385 g/mol. The van der Waals surface area contributed by atoms with E-state index in [4.69, 9.17) is 4.74 Å². The van der Waals surface area contributed by atoms with Crippen molar-refractivity contribution in [3.8, 4) is 5.75 Å². The lowest BCUT2D eigenvalue weighted by Gasteiger charge is -2.40. The van der Waals surface area contributed by atoms with Crippen LogP contribution < -0.4 is 10.1 Å². The lowest BCUT2D eigenvalue weighted by atomic mass is 9.79. The molecular formula is C23H35N3O2. The van der Waals surface area contributed by atoms with Crippen LogP contribution in [-0.2, 0) is 6.54 Å². The highest BCUT2D eigenvalue weighted by molar-refractivity contribution is 5.75. The molecule has 0 aromatic heterocycles. The number of piperidine rings is 1. The Bertz CT molecular complexity index is 674. The van der Waals surface area contributed by atoms with Crippen LogP contribution in [0, 0.1) is 5.41 Å². The van der Waals surface area contributed by atoms with E-state index >= 15 is 0 Å². The molecule has 0 bridgehead atoms. The van der Waals surface area contributed by atoms with Gasteiger partial charge in [0.2, 0.25) is 0 Å². The molecule has 5 nitrogen and oxygen atoms in total. The Hall–Kier alpha value is -1.75. The van der Waals surface area contributed by atoms with Crippen molar-refractivity contribution in [3.63, 3.8) is 0 Å². The van der Waals surface area contributed by atoms with Gasteiger partial charge in [0.25, 0.3) is 0 Å². The molecule has 1 atom stereocenters. The number of nitrogens with zero attached hydrogens (tertiary/aromatic N) is 2. The number of likely N-dealkylation sites (tertiary alicyclic amines) is 2. The number of hydrogen-bond acceptors (Lipinski definition) is 3. The van der Waals surface area contributed by atoms with Crippen LogP contribution in [0.3, 0.4) is 0 Å². The highest BCUT2D eigenvalue weighted by atomic mass is 16.5. The molecule has 2 aliphatic heterocycles. The van der Waals surface area contributed by atoms with E-state index in [9.17, 15) is 4.79 Å². The molecule has 1 spiro atoms. The third-order valence-corrected chi connectivity index (χ3v) is 6.94. The van der Waals surface area contributed by atoms with Gasteiger partial charge in [0.05, 0.1) is 7.11 Å². The molecule has 3 aliphatic rings. The Balaban J connectivity index is 1.32. The lowest BCUT2D eigenvalue weighted by Crippen LogP contribution is -2.48. The topological polar surface area (TPSA) is 44.8 Å². The van der Waals surface area contributed by atoms with Crippen LogP contribution in [0.4, 0.5) is 4.79 Å². The van der Waals surface area contributed by atoms with Crippen LogP contribution in [0.15, 0.2) is 24.3 Å². The summed E-state index contributed by atoms with van der Waals surface area (Å²) in [4.78, 5) is 17.4. The second-order valence-corrected chi connectivity index (χ2v) is 9.12. The smallest absolute Gasteiger partial charge is 0.317 e. The SMILES string of the molecule is COc1cccc(CN2CCC[C@@]3(CCN(C(=O)NC4CCCCC4)C3)C2)c1. The van der Waals surface area contributed by atoms with E-state index in [2.05, 4.69) is 33.3 Å². The number of methoxy groups -OCH3 is 1.